The summed E-state index contributed by atoms with van der Waals surface area (Å²) in [7, 11) is 4.12. The second kappa shape index (κ2) is 6.23. The Hall–Kier alpha value is -0.610. The summed E-state index contributed by atoms with van der Waals surface area (Å²) in [6, 6.07) is 0.754. The molecule has 1 amide bonds. The largest absolute Gasteiger partial charge is 0.344 e. The maximum absolute atomic E-state index is 12.5. The highest BCUT2D eigenvalue weighted by Gasteiger charge is 2.32. The summed E-state index contributed by atoms with van der Waals surface area (Å²) < 4.78 is 0. The molecule has 1 aliphatic carbocycles. The molecule has 0 radical (unpaired) electrons. The number of likely N-dealkylation sites (N-methyl/N-ethyl adjacent to an activating group) is 2. The van der Waals surface area contributed by atoms with Crippen LogP contribution in [-0.2, 0) is 4.79 Å². The van der Waals surface area contributed by atoms with Crippen LogP contribution < -0.4 is 5.73 Å². The molecule has 19 heavy (non-hydrogen) atoms. The minimum absolute atomic E-state index is 0.149. The lowest BCUT2D eigenvalue weighted by Gasteiger charge is -2.34. The van der Waals surface area contributed by atoms with E-state index in [-0.39, 0.29) is 12.0 Å². The van der Waals surface area contributed by atoms with Gasteiger partial charge in [0, 0.05) is 31.6 Å². The fourth-order valence-corrected chi connectivity index (χ4v) is 3.79. The number of carbonyl (C=O) groups is 1. The molecule has 4 atom stereocenters. The zero-order valence-corrected chi connectivity index (χ0v) is 12.6. The molecule has 1 saturated heterocycles. The molecule has 4 heteroatoms. The van der Waals surface area contributed by atoms with Crippen molar-refractivity contribution < 1.29 is 4.79 Å². The van der Waals surface area contributed by atoms with Crippen LogP contribution in [0.4, 0.5) is 0 Å². The predicted molar refractivity (Wildman–Crippen MR) is 77.8 cm³/mol. The molecule has 110 valence electrons. The second-order valence-electron chi connectivity index (χ2n) is 6.76. The third kappa shape index (κ3) is 3.69. The molecule has 0 aromatic heterocycles. The van der Waals surface area contributed by atoms with E-state index >= 15 is 0 Å². The van der Waals surface area contributed by atoms with Gasteiger partial charge in [0.2, 0.25) is 5.91 Å². The van der Waals surface area contributed by atoms with Crippen molar-refractivity contribution in [2.75, 3.05) is 27.2 Å². The number of nitrogens with two attached hydrogens (primary N) is 1. The Bertz CT molecular complexity index is 311. The summed E-state index contributed by atoms with van der Waals surface area (Å²) in [5.41, 5.74) is 6.06. The minimum Gasteiger partial charge on any atom is -0.344 e. The highest BCUT2D eigenvalue weighted by molar-refractivity contribution is 5.78. The van der Waals surface area contributed by atoms with Crippen molar-refractivity contribution in [3.8, 4) is 0 Å². The molecule has 1 saturated carbocycles. The highest BCUT2D eigenvalue weighted by Crippen LogP contribution is 2.29. The van der Waals surface area contributed by atoms with Gasteiger partial charge < -0.3 is 15.5 Å². The van der Waals surface area contributed by atoms with E-state index in [1.165, 1.54) is 12.8 Å². The van der Waals surface area contributed by atoms with Crippen LogP contribution in [0.1, 0.15) is 39.0 Å². The average Bonchev–Trinajstić information content (AvgIpc) is 2.72. The number of carbonyl (C=O) groups excluding carboxylic acids is 1. The second-order valence-corrected chi connectivity index (χ2v) is 6.76. The first-order valence-electron chi connectivity index (χ1n) is 7.68. The van der Waals surface area contributed by atoms with E-state index in [1.54, 1.807) is 0 Å². The van der Waals surface area contributed by atoms with Gasteiger partial charge in [-0.3, -0.25) is 4.79 Å². The molecule has 4 unspecified atom stereocenters. The van der Waals surface area contributed by atoms with Crippen LogP contribution in [0.3, 0.4) is 0 Å². The molecule has 2 fully saturated rings. The maximum Gasteiger partial charge on any atom is 0.225 e. The van der Waals surface area contributed by atoms with E-state index in [4.69, 9.17) is 5.73 Å². The van der Waals surface area contributed by atoms with Gasteiger partial charge in [0.05, 0.1) is 0 Å². The fourth-order valence-electron chi connectivity index (χ4n) is 3.79. The van der Waals surface area contributed by atoms with Gasteiger partial charge in [0.25, 0.3) is 0 Å². The smallest absolute Gasteiger partial charge is 0.225 e. The molecule has 0 aromatic rings. The first-order chi connectivity index (χ1) is 8.97. The Kier molecular flexibility index (Phi) is 4.85. The van der Waals surface area contributed by atoms with Gasteiger partial charge in [0.1, 0.15) is 0 Å². The van der Waals surface area contributed by atoms with Crippen LogP contribution in [0.15, 0.2) is 0 Å². The van der Waals surface area contributed by atoms with E-state index in [2.05, 4.69) is 18.9 Å². The lowest BCUT2D eigenvalue weighted by molar-refractivity contribution is -0.136. The third-order valence-electron chi connectivity index (χ3n) is 4.86. The third-order valence-corrected chi connectivity index (χ3v) is 4.86. The van der Waals surface area contributed by atoms with Gasteiger partial charge in [-0.05, 0) is 51.6 Å². The summed E-state index contributed by atoms with van der Waals surface area (Å²) in [5.74, 6) is 1.04. The molecule has 2 aliphatic rings. The van der Waals surface area contributed by atoms with Crippen LogP contribution in [0, 0.1) is 11.8 Å². The molecule has 2 N–H and O–H groups in total. The number of hydrogen-bond donors (Lipinski definition) is 1. The van der Waals surface area contributed by atoms with Crippen molar-refractivity contribution in [1.29, 1.82) is 0 Å². The predicted octanol–water partition coefficient (Wildman–Crippen LogP) is 1.30. The summed E-state index contributed by atoms with van der Waals surface area (Å²) in [6.07, 6.45) is 5.42. The Morgan fingerprint density at radius 2 is 2.11 bits per heavy atom. The summed E-state index contributed by atoms with van der Waals surface area (Å²) in [4.78, 5) is 16.9. The van der Waals surface area contributed by atoms with Crippen LogP contribution in [-0.4, -0.2) is 55.0 Å². The van der Waals surface area contributed by atoms with Gasteiger partial charge >= 0.3 is 0 Å². The summed E-state index contributed by atoms with van der Waals surface area (Å²) in [6.45, 7) is 4.25. The SMILES string of the molecule is CC1CC(N)CC(C(=O)N(C)CC2CCCN2C)C1. The van der Waals surface area contributed by atoms with Gasteiger partial charge in [-0.25, -0.2) is 0 Å². The van der Waals surface area contributed by atoms with Crippen molar-refractivity contribution >= 4 is 5.91 Å². The van der Waals surface area contributed by atoms with Crippen molar-refractivity contribution in [3.63, 3.8) is 0 Å². The Balaban J connectivity index is 1.87. The number of amides is 1. The Morgan fingerprint density at radius 1 is 1.37 bits per heavy atom. The van der Waals surface area contributed by atoms with E-state index in [9.17, 15) is 4.79 Å². The molecule has 0 aromatic carbocycles. The van der Waals surface area contributed by atoms with E-state index < -0.39 is 0 Å². The number of nitrogens with zero attached hydrogens (tertiary/aromatic N) is 2. The fraction of sp³-hybridized carbons (Fsp3) is 0.933. The topological polar surface area (TPSA) is 49.6 Å². The first-order valence-corrected chi connectivity index (χ1v) is 7.68. The molecule has 0 bridgehead atoms. The lowest BCUT2D eigenvalue weighted by atomic mass is 9.79. The zero-order valence-electron chi connectivity index (χ0n) is 12.6. The number of hydrogen-bond acceptors (Lipinski definition) is 3. The van der Waals surface area contributed by atoms with Gasteiger partial charge in [0.15, 0.2) is 0 Å². The number of rotatable bonds is 3. The van der Waals surface area contributed by atoms with E-state index in [0.717, 1.165) is 32.4 Å². The molecular weight excluding hydrogens is 238 g/mol. The van der Waals surface area contributed by atoms with Gasteiger partial charge in [-0.15, -0.1) is 0 Å². The van der Waals surface area contributed by atoms with Gasteiger partial charge in [-0.1, -0.05) is 6.92 Å². The molecule has 2 rings (SSSR count). The van der Waals surface area contributed by atoms with Gasteiger partial charge in [-0.2, -0.15) is 0 Å². The quantitative estimate of drug-likeness (QED) is 0.838. The first kappa shape index (κ1) is 14.8. The van der Waals surface area contributed by atoms with E-state index in [0.29, 0.717) is 17.9 Å². The average molecular weight is 267 g/mol. The molecule has 1 heterocycles. The molecule has 4 nitrogen and oxygen atoms in total. The van der Waals surface area contributed by atoms with Crippen molar-refractivity contribution in [3.05, 3.63) is 0 Å². The number of likely N-dealkylation sites (tertiary alicyclic amines) is 1. The summed E-state index contributed by atoms with van der Waals surface area (Å²) >= 11 is 0. The Morgan fingerprint density at radius 3 is 2.68 bits per heavy atom. The normalized spacial score (nSPS) is 36.4. The van der Waals surface area contributed by atoms with Crippen molar-refractivity contribution in [1.82, 2.24) is 9.80 Å². The molecular formula is C15H29N3O. The van der Waals surface area contributed by atoms with E-state index in [1.807, 2.05) is 11.9 Å². The minimum atomic E-state index is 0.149. The maximum atomic E-state index is 12.5. The van der Waals surface area contributed by atoms with Crippen molar-refractivity contribution in [2.24, 2.45) is 17.6 Å². The van der Waals surface area contributed by atoms with Crippen LogP contribution in [0.5, 0.6) is 0 Å². The molecule has 1 aliphatic heterocycles. The zero-order chi connectivity index (χ0) is 14.0. The lowest BCUT2D eigenvalue weighted by Crippen LogP contribution is -2.45. The van der Waals surface area contributed by atoms with Crippen LogP contribution >= 0.6 is 0 Å². The monoisotopic (exact) mass is 267 g/mol. The highest BCUT2D eigenvalue weighted by atomic mass is 16.2. The van der Waals surface area contributed by atoms with Crippen LogP contribution in [0.2, 0.25) is 0 Å². The molecule has 0 spiro atoms. The standard InChI is InChI=1S/C15H29N3O/c1-11-7-12(9-13(16)8-11)15(19)18(3)10-14-5-4-6-17(14)2/h11-14H,4-10,16H2,1-3H3. The van der Waals surface area contributed by atoms with Crippen LogP contribution in [0.25, 0.3) is 0 Å². The Labute approximate surface area is 117 Å². The van der Waals surface area contributed by atoms with Crippen molar-refractivity contribution in [2.45, 2.75) is 51.1 Å². The summed E-state index contributed by atoms with van der Waals surface area (Å²) in [5, 5.41) is 0.